The molecule has 10 aromatic rings. The average molecular weight is 1510 g/mol. The van der Waals surface area contributed by atoms with E-state index in [0.29, 0.717) is 33.8 Å². The van der Waals surface area contributed by atoms with Gasteiger partial charge in [-0.3, -0.25) is 57.1 Å². The van der Waals surface area contributed by atoms with Crippen LogP contribution in [0.4, 0.5) is 13.2 Å². The minimum absolute atomic E-state index is 0.0396. The molecule has 21 nitrogen and oxygen atoms in total. The maximum atomic E-state index is 14.2. The number of halogens is 3. The van der Waals surface area contributed by atoms with Crippen LogP contribution in [-0.2, 0) is 48.6 Å². The number of fused-ring (bicyclic) bond motifs is 2. The number of ketones is 2. The number of benzene rings is 5. The second-order valence-electron chi connectivity index (χ2n) is 26.8. The summed E-state index contributed by atoms with van der Waals surface area (Å²) in [4.78, 5) is 122. The summed E-state index contributed by atoms with van der Waals surface area (Å²) >= 11 is 3.22. The highest BCUT2D eigenvalue weighted by atomic mass is 32.1. The van der Waals surface area contributed by atoms with Gasteiger partial charge in [0.15, 0.2) is 11.6 Å². The molecule has 1 saturated carbocycles. The molecule has 11 rings (SSSR count). The van der Waals surface area contributed by atoms with Crippen LogP contribution in [0.5, 0.6) is 5.75 Å². The lowest BCUT2D eigenvalue weighted by molar-refractivity contribution is -0.127. The Morgan fingerprint density at radius 1 is 0.689 bits per heavy atom. The molecule has 1 fully saturated rings. The summed E-state index contributed by atoms with van der Waals surface area (Å²) in [5.74, 6) is -1.25. The van der Waals surface area contributed by atoms with Crippen molar-refractivity contribution >= 4 is 88.0 Å². The molecule has 562 valence electrons. The van der Waals surface area contributed by atoms with Gasteiger partial charge in [-0.2, -0.15) is 9.49 Å². The average Bonchev–Trinajstić information content (AvgIpc) is 1.59. The number of alkyl halides is 2. The number of nitrogens with two attached hydrogens (primary N) is 1. The molecular formula is C79H90F3N9O12S3. The molecule has 1 aliphatic rings. The molecule has 0 saturated heterocycles. The van der Waals surface area contributed by atoms with Crippen molar-refractivity contribution in [2.45, 2.75) is 139 Å². The Hall–Kier alpha value is -10.1. The smallest absolute Gasteiger partial charge is 0.283 e. The van der Waals surface area contributed by atoms with Crippen molar-refractivity contribution in [1.82, 2.24) is 39.8 Å². The lowest BCUT2D eigenvalue weighted by atomic mass is 9.90. The van der Waals surface area contributed by atoms with Gasteiger partial charge in [0.05, 0.1) is 17.0 Å². The maximum Gasteiger partial charge on any atom is 0.283 e. The summed E-state index contributed by atoms with van der Waals surface area (Å²) < 4.78 is 55.4. The van der Waals surface area contributed by atoms with Crippen LogP contribution in [0.1, 0.15) is 162 Å². The number of methoxy groups -OCH3 is 1. The normalized spacial score (nSPS) is 12.3. The third-order valence-corrected chi connectivity index (χ3v) is 21.2. The maximum absolute atomic E-state index is 14.2. The Bertz CT molecular complexity index is 4930. The monoisotopic (exact) mass is 1510 g/mol. The third-order valence-electron chi connectivity index (χ3n) is 17.6. The molecule has 27 heteroatoms. The number of nitrogens with zero attached hydrogens (tertiary/aromatic N) is 5. The minimum Gasteiger partial charge on any atom is -0.489 e. The molecule has 5 aromatic carbocycles. The Balaban J connectivity index is 0.000000186. The SMILES string of the molecule is CC(=O)N[C@H](CNC(=O)c1ccc(C)cc1)C(C)C.CO[C@@H](C(=O)CN)c1ccccc1COc1cc(C)ccc1C.Cc1ccc(C(=O)C(C)(C)NC(=O)c2sccc2C)c(C)c1.Cc1ccccc1CN(C(=O)c1c(C(F)F)nn(C)c1F)C1CC1.Cn1c(=O)c2sc3c(=O)n(C)c(=O)c3sc2c1=O. The second kappa shape index (κ2) is 36.8. The van der Waals surface area contributed by atoms with Gasteiger partial charge >= 0.3 is 0 Å². The lowest BCUT2D eigenvalue weighted by Gasteiger charge is -2.25. The number of hydrogen-bond donors (Lipinski definition) is 4. The molecule has 0 radical (unpaired) electrons. The van der Waals surface area contributed by atoms with E-state index in [1.165, 1.54) is 51.4 Å². The number of aryl methyl sites for hydroxylation is 8. The van der Waals surface area contributed by atoms with Gasteiger partial charge in [0.2, 0.25) is 11.9 Å². The number of nitrogens with one attached hydrogen (secondary N) is 3. The van der Waals surface area contributed by atoms with Crippen molar-refractivity contribution in [2.75, 3.05) is 20.2 Å². The number of thiophene rings is 1. The molecule has 0 bridgehead atoms. The van der Waals surface area contributed by atoms with E-state index in [9.17, 15) is 61.1 Å². The Morgan fingerprint density at radius 3 is 1.75 bits per heavy atom. The van der Waals surface area contributed by atoms with Crippen molar-refractivity contribution < 1.29 is 51.4 Å². The second-order valence-corrected chi connectivity index (χ2v) is 29.7. The molecule has 106 heavy (non-hydrogen) atoms. The first-order chi connectivity index (χ1) is 50.0. The quantitative estimate of drug-likeness (QED) is 0.0487. The van der Waals surface area contributed by atoms with E-state index in [4.69, 9.17) is 15.2 Å². The fourth-order valence-corrected chi connectivity index (χ4v) is 14.4. The van der Waals surface area contributed by atoms with Crippen LogP contribution in [0, 0.1) is 60.3 Å². The van der Waals surface area contributed by atoms with Gasteiger partial charge in [0.25, 0.3) is 46.4 Å². The fourth-order valence-electron chi connectivity index (χ4n) is 11.1. The zero-order valence-corrected chi connectivity index (χ0v) is 64.7. The van der Waals surface area contributed by atoms with Crippen molar-refractivity contribution in [3.63, 3.8) is 0 Å². The summed E-state index contributed by atoms with van der Waals surface area (Å²) in [6.45, 7) is 23.8. The van der Waals surface area contributed by atoms with Crippen molar-refractivity contribution in [1.29, 1.82) is 0 Å². The zero-order chi connectivity index (χ0) is 78.3. The summed E-state index contributed by atoms with van der Waals surface area (Å²) in [6.07, 6.45) is -2.06. The predicted molar refractivity (Wildman–Crippen MR) is 411 cm³/mol. The van der Waals surface area contributed by atoms with Gasteiger partial charge in [-0.25, -0.2) is 13.5 Å². The van der Waals surface area contributed by atoms with Crippen LogP contribution in [0.25, 0.3) is 18.8 Å². The number of aromatic nitrogens is 4. The third kappa shape index (κ3) is 20.7. The minimum atomic E-state index is -3.00. The van der Waals surface area contributed by atoms with E-state index in [2.05, 4.69) is 27.1 Å². The largest absolute Gasteiger partial charge is 0.489 e. The van der Waals surface area contributed by atoms with E-state index in [-0.39, 0.29) is 79.2 Å². The topological polar surface area (TPSA) is 282 Å². The summed E-state index contributed by atoms with van der Waals surface area (Å²) in [7, 11) is 5.48. The highest BCUT2D eigenvalue weighted by molar-refractivity contribution is 7.36. The lowest BCUT2D eigenvalue weighted by Crippen LogP contribution is -2.49. The van der Waals surface area contributed by atoms with Crippen LogP contribution in [0.15, 0.2) is 140 Å². The molecule has 1 aliphatic carbocycles. The Kier molecular flexibility index (Phi) is 28.9. The summed E-state index contributed by atoms with van der Waals surface area (Å²) in [6, 6.07) is 36.2. The highest BCUT2D eigenvalue weighted by Crippen LogP contribution is 2.34. The standard InChI is InChI=1S/C19H23NO3.C18H21NO2S.C17H18F3N3O.C15H22N2O2.C10H6N2O4S2/c1-13-8-9-14(2)18(10-13)23-12-15-6-4-5-7-16(15)19(22-3)17(21)11-20;1-11-6-7-14(13(3)10-11)16(20)18(4,5)19-17(21)15-12(2)8-9-22-15;1-10-5-3-4-6-11(10)9-23(12-7-8-12)17(24)13-14(15(18)19)21-22(2)16(13)20;1-10(2)14(17-12(4)18)9-16-15(19)13-7-5-11(3)6-8-13;1-11-7(13)3-4(8(11)14)18-6-5(17-3)9(15)12(2)10(6)16/h4-10,19H,11-12,20H2,1-3H3;6-10H,1-5H3,(H,19,21);3-6,12,15H,7-9H2,1-2H3;5-8,10,14H,9H2,1-4H3,(H,16,19)(H,17,18);1-2H3/t19-;;;14-;/m1..1./s1. The number of ether oxygens (including phenoxy) is 2. The highest BCUT2D eigenvalue weighted by Gasteiger charge is 2.39. The Labute approximate surface area is 624 Å². The van der Waals surface area contributed by atoms with E-state index >= 15 is 0 Å². The van der Waals surface area contributed by atoms with Gasteiger partial charge in [-0.15, -0.1) is 34.0 Å². The molecule has 5 heterocycles. The van der Waals surface area contributed by atoms with E-state index in [0.717, 1.165) is 106 Å². The van der Waals surface area contributed by atoms with Crippen molar-refractivity contribution in [3.8, 4) is 5.75 Å². The molecule has 5 N–H and O–H groups in total. The molecule has 0 unspecified atom stereocenters. The number of carbonyl (C=O) groups excluding carboxylic acids is 6. The van der Waals surface area contributed by atoms with Crippen LogP contribution in [0.2, 0.25) is 0 Å². The Morgan fingerprint density at radius 2 is 1.24 bits per heavy atom. The van der Waals surface area contributed by atoms with E-state index in [1.54, 1.807) is 26.0 Å². The number of carbonyl (C=O) groups is 6. The molecule has 4 amide bonds. The van der Waals surface area contributed by atoms with Gasteiger partial charge in [-0.05, 0) is 155 Å². The number of amides is 4. The van der Waals surface area contributed by atoms with Crippen LogP contribution in [0.3, 0.4) is 0 Å². The zero-order valence-electron chi connectivity index (χ0n) is 62.2. The fraction of sp³-hybridized carbons (Fsp3) is 0.354. The molecule has 5 aromatic heterocycles. The first-order valence-corrected chi connectivity index (χ1v) is 36.5. The molecule has 0 spiro atoms. The van der Waals surface area contributed by atoms with Crippen molar-refractivity contribution in [2.24, 2.45) is 32.8 Å². The molecule has 2 atom stereocenters. The van der Waals surface area contributed by atoms with E-state index in [1.807, 2.05) is 165 Å². The number of rotatable bonds is 21. The summed E-state index contributed by atoms with van der Waals surface area (Å²) in [5.41, 5.74) is 12.7. The predicted octanol–water partition coefficient (Wildman–Crippen LogP) is 12.3. The van der Waals surface area contributed by atoms with Gasteiger partial charge in [0.1, 0.15) is 48.5 Å². The van der Waals surface area contributed by atoms with E-state index < -0.39 is 63.4 Å². The van der Waals surface area contributed by atoms with Gasteiger partial charge in [-0.1, -0.05) is 116 Å². The van der Waals surface area contributed by atoms with Gasteiger partial charge in [0, 0.05) is 71.5 Å². The number of Topliss-reactive ketones (excluding diaryl/α,β-unsaturated/α-hetero) is 2. The summed E-state index contributed by atoms with van der Waals surface area (Å²) in [5, 5.41) is 13.9. The first kappa shape index (κ1) is 83.2. The molecular weight excluding hydrogens is 1420 g/mol. The van der Waals surface area contributed by atoms with Gasteiger partial charge < -0.3 is 36.1 Å². The first-order valence-electron chi connectivity index (χ1n) is 34.0. The van der Waals surface area contributed by atoms with Crippen molar-refractivity contribution in [3.05, 3.63) is 251 Å². The van der Waals surface area contributed by atoms with Crippen LogP contribution >= 0.6 is 34.0 Å². The van der Waals surface area contributed by atoms with Crippen LogP contribution in [-0.4, -0.2) is 96.8 Å². The molecule has 0 aliphatic heterocycles. The van der Waals surface area contributed by atoms with Crippen LogP contribution < -0.4 is 48.7 Å². The number of hydrogen-bond acceptors (Lipinski definition) is 17.